The Labute approximate surface area is 229 Å². The van der Waals surface area contributed by atoms with Gasteiger partial charge in [0.15, 0.2) is 11.5 Å². The minimum atomic E-state index is -0.808. The van der Waals surface area contributed by atoms with E-state index >= 15 is 0 Å². The lowest BCUT2D eigenvalue weighted by Crippen LogP contribution is -2.31. The molecule has 198 valence electrons. The van der Waals surface area contributed by atoms with E-state index in [2.05, 4.69) is 22.0 Å². The van der Waals surface area contributed by atoms with Gasteiger partial charge in [-0.15, -0.1) is 0 Å². The molecular formula is C29H25FN4O4S. The summed E-state index contributed by atoms with van der Waals surface area (Å²) in [6, 6.07) is 21.2. The fraction of sp³-hybridized carbons (Fsp3) is 0.138. The number of nitrogens with one attached hydrogen (secondary N) is 3. The minimum absolute atomic E-state index is 0.0463. The number of thioether (sulfide) groups is 1. The summed E-state index contributed by atoms with van der Waals surface area (Å²) in [4.78, 5) is 26.1. The van der Waals surface area contributed by atoms with Gasteiger partial charge in [-0.2, -0.15) is 5.26 Å². The number of carbonyl (C=O) groups excluding carboxylic acids is 2. The standard InChI is InChI=1S/C29H25FN4O4S/c1-17-26(28(37)34-20-6-4-3-5-7-20)27(18-8-13-23(35)24(14-18)38-2)22(15-31)29(32-17)39-16-25(36)33-21-11-9-19(30)10-12-21/h3-14,27,32,35H,16H2,1-2H3,(H,33,36)(H,34,37)/t27-/m1/s1. The second-order valence-electron chi connectivity index (χ2n) is 8.55. The maximum Gasteiger partial charge on any atom is 0.254 e. The zero-order valence-electron chi connectivity index (χ0n) is 21.1. The van der Waals surface area contributed by atoms with Crippen LogP contribution in [-0.4, -0.2) is 29.8 Å². The van der Waals surface area contributed by atoms with Gasteiger partial charge in [0.2, 0.25) is 5.91 Å². The van der Waals surface area contributed by atoms with E-state index in [4.69, 9.17) is 4.74 Å². The normalized spacial score (nSPS) is 14.8. The maximum atomic E-state index is 13.5. The number of methoxy groups -OCH3 is 1. The van der Waals surface area contributed by atoms with Crippen LogP contribution in [-0.2, 0) is 9.59 Å². The number of para-hydroxylation sites is 1. The summed E-state index contributed by atoms with van der Waals surface area (Å²) in [6.07, 6.45) is 0. The molecule has 1 aliphatic rings. The number of phenols is 1. The first-order valence-electron chi connectivity index (χ1n) is 11.8. The average Bonchev–Trinajstić information content (AvgIpc) is 2.93. The Morgan fingerprint density at radius 3 is 2.44 bits per heavy atom. The third-order valence-corrected chi connectivity index (χ3v) is 6.95. The predicted octanol–water partition coefficient (Wildman–Crippen LogP) is 5.25. The molecular weight excluding hydrogens is 519 g/mol. The summed E-state index contributed by atoms with van der Waals surface area (Å²) >= 11 is 1.11. The monoisotopic (exact) mass is 544 g/mol. The second-order valence-corrected chi connectivity index (χ2v) is 9.53. The van der Waals surface area contributed by atoms with Crippen molar-refractivity contribution in [3.8, 4) is 17.6 Å². The molecule has 0 saturated heterocycles. The second kappa shape index (κ2) is 12.2. The molecule has 0 radical (unpaired) electrons. The number of hydrogen-bond acceptors (Lipinski definition) is 7. The van der Waals surface area contributed by atoms with Gasteiger partial charge < -0.3 is 25.8 Å². The predicted molar refractivity (Wildman–Crippen MR) is 148 cm³/mol. The molecule has 0 saturated carbocycles. The molecule has 2 amide bonds. The molecule has 39 heavy (non-hydrogen) atoms. The summed E-state index contributed by atoms with van der Waals surface area (Å²) in [7, 11) is 1.41. The van der Waals surface area contributed by atoms with Crippen molar-refractivity contribution in [1.29, 1.82) is 5.26 Å². The molecule has 4 N–H and O–H groups in total. The number of anilines is 2. The molecule has 1 atom stereocenters. The highest BCUT2D eigenvalue weighted by Gasteiger charge is 2.35. The first-order valence-corrected chi connectivity index (χ1v) is 12.8. The third kappa shape index (κ3) is 6.40. The highest BCUT2D eigenvalue weighted by molar-refractivity contribution is 8.03. The van der Waals surface area contributed by atoms with Crippen molar-refractivity contribution < 1.29 is 23.8 Å². The van der Waals surface area contributed by atoms with E-state index in [0.29, 0.717) is 33.2 Å². The number of hydrogen-bond donors (Lipinski definition) is 4. The number of carbonyl (C=O) groups is 2. The molecule has 4 rings (SSSR count). The number of nitriles is 1. The highest BCUT2D eigenvalue weighted by Crippen LogP contribution is 2.43. The molecule has 0 aromatic heterocycles. The number of allylic oxidation sites excluding steroid dienone is 2. The molecule has 10 heteroatoms. The van der Waals surface area contributed by atoms with Gasteiger partial charge in [0.1, 0.15) is 5.82 Å². The maximum absolute atomic E-state index is 13.5. The Morgan fingerprint density at radius 2 is 1.77 bits per heavy atom. The highest BCUT2D eigenvalue weighted by atomic mass is 32.2. The Kier molecular flexibility index (Phi) is 8.53. The molecule has 0 bridgehead atoms. The van der Waals surface area contributed by atoms with Crippen LogP contribution in [0.15, 0.2) is 94.7 Å². The number of aromatic hydroxyl groups is 1. The van der Waals surface area contributed by atoms with Crippen LogP contribution >= 0.6 is 11.8 Å². The largest absolute Gasteiger partial charge is 0.504 e. The van der Waals surface area contributed by atoms with Crippen LogP contribution < -0.4 is 20.7 Å². The zero-order valence-corrected chi connectivity index (χ0v) is 21.9. The van der Waals surface area contributed by atoms with E-state index in [9.17, 15) is 24.3 Å². The number of halogens is 1. The van der Waals surface area contributed by atoms with Gasteiger partial charge >= 0.3 is 0 Å². The molecule has 3 aromatic carbocycles. The lowest BCUT2D eigenvalue weighted by Gasteiger charge is -2.30. The third-order valence-electron chi connectivity index (χ3n) is 5.94. The fourth-order valence-corrected chi connectivity index (χ4v) is 5.01. The summed E-state index contributed by atoms with van der Waals surface area (Å²) in [5, 5.41) is 29.5. The smallest absolute Gasteiger partial charge is 0.254 e. The van der Waals surface area contributed by atoms with Crippen molar-refractivity contribution in [1.82, 2.24) is 5.32 Å². The van der Waals surface area contributed by atoms with Crippen molar-refractivity contribution in [2.24, 2.45) is 0 Å². The van der Waals surface area contributed by atoms with Crippen LogP contribution in [0.5, 0.6) is 11.5 Å². The Bertz CT molecular complexity index is 1500. The molecule has 1 aliphatic heterocycles. The molecule has 8 nitrogen and oxygen atoms in total. The summed E-state index contributed by atoms with van der Waals surface area (Å²) < 4.78 is 18.4. The Morgan fingerprint density at radius 1 is 1.08 bits per heavy atom. The van der Waals surface area contributed by atoms with E-state index in [1.165, 1.54) is 37.4 Å². The van der Waals surface area contributed by atoms with Crippen molar-refractivity contribution in [2.75, 3.05) is 23.5 Å². The van der Waals surface area contributed by atoms with Crippen LogP contribution in [0.4, 0.5) is 15.8 Å². The van der Waals surface area contributed by atoms with Crippen LogP contribution in [0.25, 0.3) is 0 Å². The van der Waals surface area contributed by atoms with Crippen molar-refractivity contribution in [3.63, 3.8) is 0 Å². The van der Waals surface area contributed by atoms with E-state index in [0.717, 1.165) is 11.8 Å². The number of benzene rings is 3. The number of phenolic OH excluding ortho intramolecular Hbond substituents is 1. The van der Waals surface area contributed by atoms with Crippen LogP contribution in [0.2, 0.25) is 0 Å². The van der Waals surface area contributed by atoms with E-state index < -0.39 is 17.6 Å². The summed E-state index contributed by atoms with van der Waals surface area (Å²) in [5.41, 5.74) is 2.62. The van der Waals surface area contributed by atoms with Gasteiger partial charge in [0.05, 0.1) is 35.5 Å². The number of rotatable bonds is 8. The van der Waals surface area contributed by atoms with E-state index in [1.807, 2.05) is 6.07 Å². The fourth-order valence-electron chi connectivity index (χ4n) is 4.12. The average molecular weight is 545 g/mol. The Hall–Kier alpha value is -4.75. The van der Waals surface area contributed by atoms with Crippen molar-refractivity contribution in [2.45, 2.75) is 12.8 Å². The lowest BCUT2D eigenvalue weighted by atomic mass is 9.82. The first-order chi connectivity index (χ1) is 18.8. The molecule has 0 unspecified atom stereocenters. The lowest BCUT2D eigenvalue weighted by molar-refractivity contribution is -0.114. The van der Waals surface area contributed by atoms with E-state index in [1.54, 1.807) is 43.3 Å². The van der Waals surface area contributed by atoms with Crippen LogP contribution in [0, 0.1) is 17.1 Å². The van der Waals surface area contributed by atoms with Gasteiger partial charge in [-0.25, -0.2) is 4.39 Å². The number of nitrogens with zero attached hydrogens (tertiary/aromatic N) is 1. The SMILES string of the molecule is COc1cc([C@@H]2C(C#N)=C(SCC(=O)Nc3ccc(F)cc3)NC(C)=C2C(=O)Nc2ccccc2)ccc1O. The van der Waals surface area contributed by atoms with Gasteiger partial charge in [-0.3, -0.25) is 9.59 Å². The molecule has 3 aromatic rings. The van der Waals surface area contributed by atoms with Gasteiger partial charge in [-0.1, -0.05) is 36.0 Å². The van der Waals surface area contributed by atoms with Crippen LogP contribution in [0.3, 0.4) is 0 Å². The number of amides is 2. The van der Waals surface area contributed by atoms with E-state index in [-0.39, 0.29) is 28.7 Å². The number of dihydropyridines is 1. The van der Waals surface area contributed by atoms with Gasteiger partial charge in [0, 0.05) is 22.6 Å². The topological polar surface area (TPSA) is 123 Å². The molecule has 0 spiro atoms. The molecule has 0 fully saturated rings. The zero-order chi connectivity index (χ0) is 27.9. The van der Waals surface area contributed by atoms with Gasteiger partial charge in [0.25, 0.3) is 5.91 Å². The van der Waals surface area contributed by atoms with Gasteiger partial charge in [-0.05, 0) is 61.0 Å². The van der Waals surface area contributed by atoms with Crippen molar-refractivity contribution >= 4 is 35.0 Å². The Balaban J connectivity index is 1.67. The summed E-state index contributed by atoms with van der Waals surface area (Å²) in [5.74, 6) is -1.92. The molecule has 1 heterocycles. The number of ether oxygens (including phenoxy) is 1. The minimum Gasteiger partial charge on any atom is -0.504 e. The first kappa shape index (κ1) is 27.3. The van der Waals surface area contributed by atoms with Crippen molar-refractivity contribution in [3.05, 3.63) is 106 Å². The summed E-state index contributed by atoms with van der Waals surface area (Å²) in [6.45, 7) is 1.72. The molecule has 0 aliphatic carbocycles. The van der Waals surface area contributed by atoms with Crippen LogP contribution in [0.1, 0.15) is 18.4 Å². The quantitative estimate of drug-likeness (QED) is 0.306.